The van der Waals surface area contributed by atoms with Crippen molar-refractivity contribution in [2.75, 3.05) is 40.4 Å². The minimum Gasteiger partial charge on any atom is -0.493 e. The molecular formula is C20H28N2O3. The van der Waals surface area contributed by atoms with E-state index in [0.29, 0.717) is 35.3 Å². The summed E-state index contributed by atoms with van der Waals surface area (Å²) in [4.78, 5) is 15.1. The van der Waals surface area contributed by atoms with Gasteiger partial charge in [0.25, 0.3) is 5.91 Å². The quantitative estimate of drug-likeness (QED) is 0.834. The molecule has 1 aromatic rings. The number of allylic oxidation sites excluding steroid dienone is 1. The molecule has 2 heterocycles. The zero-order valence-electron chi connectivity index (χ0n) is 15.2. The van der Waals surface area contributed by atoms with Gasteiger partial charge in [-0.1, -0.05) is 6.08 Å². The summed E-state index contributed by atoms with van der Waals surface area (Å²) in [6.07, 6.45) is 4.61. The number of carbonyl (C=O) groups is 1. The maximum atomic E-state index is 13.1. The van der Waals surface area contributed by atoms with E-state index in [0.717, 1.165) is 44.6 Å². The number of carbonyl (C=O) groups excluding carboxylic acids is 1. The number of methoxy groups -OCH3 is 2. The second-order valence-electron chi connectivity index (χ2n) is 6.91. The molecule has 2 atom stereocenters. The number of fused-ring (bicyclic) bond motifs is 1. The SMILES string of the molecule is C=CCc1cc(C(=O)N2CC[C@@H]3CNC[C@@H]3CC2)cc(OC)c1OC. The first-order valence-corrected chi connectivity index (χ1v) is 9.03. The van der Waals surface area contributed by atoms with Crippen LogP contribution in [0, 0.1) is 11.8 Å². The summed E-state index contributed by atoms with van der Waals surface area (Å²) in [5.74, 6) is 2.77. The van der Waals surface area contributed by atoms with Crippen molar-refractivity contribution in [2.45, 2.75) is 19.3 Å². The molecule has 0 radical (unpaired) electrons. The maximum absolute atomic E-state index is 13.1. The summed E-state index contributed by atoms with van der Waals surface area (Å²) >= 11 is 0. The molecule has 0 aliphatic carbocycles. The molecule has 0 unspecified atom stereocenters. The highest BCUT2D eigenvalue weighted by Crippen LogP contribution is 2.34. The molecule has 3 rings (SSSR count). The molecule has 136 valence electrons. The standard InChI is InChI=1S/C20H28N2O3/c1-4-5-14-10-17(11-18(24-2)19(14)25-3)20(23)22-8-6-15-12-21-13-16(15)7-9-22/h4,10-11,15-16,21H,1,5-9,12-13H2,2-3H3/t15-,16+. The summed E-state index contributed by atoms with van der Waals surface area (Å²) in [5.41, 5.74) is 1.59. The van der Waals surface area contributed by atoms with Gasteiger partial charge in [0.2, 0.25) is 0 Å². The Labute approximate surface area is 150 Å². The van der Waals surface area contributed by atoms with Crippen LogP contribution in [0.1, 0.15) is 28.8 Å². The van der Waals surface area contributed by atoms with Gasteiger partial charge in [-0.05, 0) is 56.3 Å². The third-order valence-electron chi connectivity index (χ3n) is 5.47. The molecule has 1 aromatic carbocycles. The molecule has 2 fully saturated rings. The molecule has 5 heteroatoms. The normalized spacial score (nSPS) is 22.9. The van der Waals surface area contributed by atoms with Crippen LogP contribution < -0.4 is 14.8 Å². The van der Waals surface area contributed by atoms with Crippen LogP contribution in [0.25, 0.3) is 0 Å². The van der Waals surface area contributed by atoms with Gasteiger partial charge in [0.05, 0.1) is 14.2 Å². The van der Waals surface area contributed by atoms with Crippen molar-refractivity contribution in [3.63, 3.8) is 0 Å². The van der Waals surface area contributed by atoms with Gasteiger partial charge in [-0.25, -0.2) is 0 Å². The Hall–Kier alpha value is -2.01. The molecule has 5 nitrogen and oxygen atoms in total. The number of hydrogen-bond acceptors (Lipinski definition) is 4. The van der Waals surface area contributed by atoms with Crippen LogP contribution in [0.3, 0.4) is 0 Å². The summed E-state index contributed by atoms with van der Waals surface area (Å²) in [6.45, 7) is 7.63. The van der Waals surface area contributed by atoms with Crippen molar-refractivity contribution in [3.05, 3.63) is 35.9 Å². The number of rotatable bonds is 5. The van der Waals surface area contributed by atoms with Gasteiger partial charge in [-0.15, -0.1) is 6.58 Å². The minimum absolute atomic E-state index is 0.0826. The molecule has 2 saturated heterocycles. The van der Waals surface area contributed by atoms with Crippen LogP contribution in [0.4, 0.5) is 0 Å². The largest absolute Gasteiger partial charge is 0.493 e. The zero-order chi connectivity index (χ0) is 17.8. The van der Waals surface area contributed by atoms with Crippen LogP contribution in [0.5, 0.6) is 11.5 Å². The average molecular weight is 344 g/mol. The minimum atomic E-state index is 0.0826. The van der Waals surface area contributed by atoms with Gasteiger partial charge in [-0.2, -0.15) is 0 Å². The molecule has 25 heavy (non-hydrogen) atoms. The Morgan fingerprint density at radius 2 is 1.92 bits per heavy atom. The Morgan fingerprint density at radius 3 is 2.48 bits per heavy atom. The highest BCUT2D eigenvalue weighted by molar-refractivity contribution is 5.95. The van der Waals surface area contributed by atoms with E-state index >= 15 is 0 Å². The van der Waals surface area contributed by atoms with E-state index in [2.05, 4.69) is 11.9 Å². The lowest BCUT2D eigenvalue weighted by atomic mass is 9.92. The van der Waals surface area contributed by atoms with Crippen molar-refractivity contribution in [1.82, 2.24) is 10.2 Å². The number of nitrogens with zero attached hydrogens (tertiary/aromatic N) is 1. The fraction of sp³-hybridized carbons (Fsp3) is 0.550. The van der Waals surface area contributed by atoms with Crippen molar-refractivity contribution in [1.29, 1.82) is 0 Å². The van der Waals surface area contributed by atoms with E-state index in [4.69, 9.17) is 9.47 Å². The Bertz CT molecular complexity index is 630. The first-order chi connectivity index (χ1) is 12.2. The van der Waals surface area contributed by atoms with Crippen LogP contribution in [-0.2, 0) is 6.42 Å². The van der Waals surface area contributed by atoms with Crippen molar-refractivity contribution < 1.29 is 14.3 Å². The van der Waals surface area contributed by atoms with E-state index in [1.807, 2.05) is 17.0 Å². The van der Waals surface area contributed by atoms with Crippen LogP contribution in [0.15, 0.2) is 24.8 Å². The summed E-state index contributed by atoms with van der Waals surface area (Å²) in [7, 11) is 3.22. The molecule has 1 N–H and O–H groups in total. The second-order valence-corrected chi connectivity index (χ2v) is 6.91. The highest BCUT2D eigenvalue weighted by atomic mass is 16.5. The average Bonchev–Trinajstić information content (AvgIpc) is 2.99. The van der Waals surface area contributed by atoms with Crippen LogP contribution in [-0.4, -0.2) is 51.2 Å². The molecular weight excluding hydrogens is 316 g/mol. The third-order valence-corrected chi connectivity index (χ3v) is 5.47. The van der Waals surface area contributed by atoms with E-state index in [9.17, 15) is 4.79 Å². The van der Waals surface area contributed by atoms with Gasteiger partial charge >= 0.3 is 0 Å². The van der Waals surface area contributed by atoms with Gasteiger partial charge in [-0.3, -0.25) is 4.79 Å². The van der Waals surface area contributed by atoms with E-state index < -0.39 is 0 Å². The highest BCUT2D eigenvalue weighted by Gasteiger charge is 2.32. The molecule has 0 spiro atoms. The molecule has 0 aromatic heterocycles. The van der Waals surface area contributed by atoms with Crippen molar-refractivity contribution in [2.24, 2.45) is 11.8 Å². The lowest BCUT2D eigenvalue weighted by Gasteiger charge is -2.22. The topological polar surface area (TPSA) is 50.8 Å². The Balaban J connectivity index is 1.83. The van der Waals surface area contributed by atoms with Crippen molar-refractivity contribution >= 4 is 5.91 Å². The predicted octanol–water partition coefficient (Wildman–Crippen LogP) is 2.50. The van der Waals surface area contributed by atoms with Crippen molar-refractivity contribution in [3.8, 4) is 11.5 Å². The lowest BCUT2D eigenvalue weighted by molar-refractivity contribution is 0.0758. The number of hydrogen-bond donors (Lipinski definition) is 1. The van der Waals surface area contributed by atoms with Crippen LogP contribution in [0.2, 0.25) is 0 Å². The van der Waals surface area contributed by atoms with Gasteiger partial charge < -0.3 is 19.7 Å². The first-order valence-electron chi connectivity index (χ1n) is 9.03. The third kappa shape index (κ3) is 3.66. The number of benzene rings is 1. The summed E-state index contributed by atoms with van der Waals surface area (Å²) in [6, 6.07) is 3.71. The number of ether oxygens (including phenoxy) is 2. The van der Waals surface area contributed by atoms with E-state index in [-0.39, 0.29) is 5.91 Å². The Morgan fingerprint density at radius 1 is 1.24 bits per heavy atom. The number of nitrogens with one attached hydrogen (secondary N) is 1. The smallest absolute Gasteiger partial charge is 0.254 e. The lowest BCUT2D eigenvalue weighted by Crippen LogP contribution is -2.32. The summed E-state index contributed by atoms with van der Waals surface area (Å²) in [5, 5.41) is 3.47. The second kappa shape index (κ2) is 7.91. The fourth-order valence-corrected chi connectivity index (χ4v) is 4.08. The zero-order valence-corrected chi connectivity index (χ0v) is 15.2. The van der Waals surface area contributed by atoms with E-state index in [1.165, 1.54) is 0 Å². The number of likely N-dealkylation sites (tertiary alicyclic amines) is 1. The van der Waals surface area contributed by atoms with E-state index in [1.54, 1.807) is 20.3 Å². The molecule has 0 bridgehead atoms. The van der Waals surface area contributed by atoms with Gasteiger partial charge in [0.1, 0.15) is 0 Å². The first kappa shape index (κ1) is 17.8. The monoisotopic (exact) mass is 344 g/mol. The fourth-order valence-electron chi connectivity index (χ4n) is 4.08. The molecule has 2 aliphatic heterocycles. The molecule has 0 saturated carbocycles. The summed E-state index contributed by atoms with van der Waals surface area (Å²) < 4.78 is 10.9. The predicted molar refractivity (Wildman–Crippen MR) is 98.4 cm³/mol. The van der Waals surface area contributed by atoms with Gasteiger partial charge in [0, 0.05) is 24.2 Å². The Kier molecular flexibility index (Phi) is 5.63. The maximum Gasteiger partial charge on any atom is 0.254 e. The molecule has 2 aliphatic rings. The number of amides is 1. The van der Waals surface area contributed by atoms with Gasteiger partial charge in [0.15, 0.2) is 11.5 Å². The molecule has 1 amide bonds. The van der Waals surface area contributed by atoms with Crippen LogP contribution >= 0.6 is 0 Å².